The predicted molar refractivity (Wildman–Crippen MR) is 60.6 cm³/mol. The molecule has 0 spiro atoms. The number of hydrogen-bond acceptors (Lipinski definition) is 5. The molecule has 0 saturated carbocycles. The van der Waals surface area contributed by atoms with Crippen LogP contribution < -0.4 is 10.7 Å². The zero-order chi connectivity index (χ0) is 13.0. The molecule has 90 valence electrons. The van der Waals surface area contributed by atoms with Crippen molar-refractivity contribution in [1.82, 2.24) is 0 Å². The van der Waals surface area contributed by atoms with Gasteiger partial charge >= 0.3 is 5.63 Å². The molecule has 0 saturated heterocycles. The van der Waals surface area contributed by atoms with Crippen LogP contribution in [0.5, 0.6) is 11.5 Å². The minimum Gasteiger partial charge on any atom is -0.876 e. The van der Waals surface area contributed by atoms with E-state index >= 15 is 0 Å². The summed E-state index contributed by atoms with van der Waals surface area (Å²) < 4.78 is 4.77. The van der Waals surface area contributed by atoms with Crippen LogP contribution in [0.3, 0.4) is 0 Å². The van der Waals surface area contributed by atoms with Crippen molar-refractivity contribution < 1.29 is 19.7 Å². The first kappa shape index (κ1) is 12.6. The summed E-state index contributed by atoms with van der Waals surface area (Å²) in [4.78, 5) is 10.8. The van der Waals surface area contributed by atoms with Crippen molar-refractivity contribution in [2.24, 2.45) is 0 Å². The van der Waals surface area contributed by atoms with Crippen LogP contribution in [0.15, 0.2) is 45.8 Å². The van der Waals surface area contributed by atoms with Gasteiger partial charge in [0.15, 0.2) is 11.5 Å². The minimum absolute atomic E-state index is 0.0833. The fourth-order valence-electron chi connectivity index (χ4n) is 1.09. The molecule has 1 heterocycles. The number of allylic oxidation sites excluding steroid dienone is 1. The third-order valence-corrected chi connectivity index (χ3v) is 1.72. The van der Waals surface area contributed by atoms with E-state index in [1.165, 1.54) is 31.2 Å². The topological polar surface area (TPSA) is 93.7 Å². The summed E-state index contributed by atoms with van der Waals surface area (Å²) in [5, 5.41) is 28.1. The largest absolute Gasteiger partial charge is 0.876 e. The van der Waals surface area contributed by atoms with Gasteiger partial charge in [-0.2, -0.15) is 0 Å². The first-order valence-electron chi connectivity index (χ1n) is 4.68. The molecule has 0 atom stereocenters. The molecule has 0 aliphatic carbocycles. The number of phenolic OH excluding ortho intramolecular Hbond substituents is 2. The Balaban J connectivity index is 0.000000317. The lowest BCUT2D eigenvalue weighted by Crippen LogP contribution is -1.93. The zero-order valence-corrected chi connectivity index (χ0v) is 9.14. The lowest BCUT2D eigenvalue weighted by Gasteiger charge is -1.98. The van der Waals surface area contributed by atoms with Crippen LogP contribution >= 0.6 is 0 Å². The van der Waals surface area contributed by atoms with Crippen molar-refractivity contribution in [3.05, 3.63) is 47.0 Å². The highest BCUT2D eigenvalue weighted by atomic mass is 16.4. The number of rotatable bonds is 0. The van der Waals surface area contributed by atoms with E-state index in [1.54, 1.807) is 0 Å². The van der Waals surface area contributed by atoms with Gasteiger partial charge in [0.05, 0.1) is 0 Å². The molecule has 2 N–H and O–H groups in total. The quantitative estimate of drug-likeness (QED) is 0.405. The van der Waals surface area contributed by atoms with E-state index in [0.29, 0.717) is 5.39 Å². The molecule has 2 aromatic rings. The van der Waals surface area contributed by atoms with E-state index in [4.69, 9.17) is 14.6 Å². The Bertz CT molecular complexity index is 593. The van der Waals surface area contributed by atoms with Gasteiger partial charge in [-0.25, -0.2) is 4.79 Å². The van der Waals surface area contributed by atoms with Crippen molar-refractivity contribution in [2.45, 2.75) is 6.92 Å². The molecule has 0 radical (unpaired) electrons. The van der Waals surface area contributed by atoms with Gasteiger partial charge in [0, 0.05) is 17.5 Å². The van der Waals surface area contributed by atoms with Crippen molar-refractivity contribution >= 4 is 11.0 Å². The van der Waals surface area contributed by atoms with E-state index in [9.17, 15) is 9.90 Å². The Labute approximate surface area is 96.9 Å². The average Bonchev–Trinajstić information content (AvgIpc) is 2.19. The van der Waals surface area contributed by atoms with Gasteiger partial charge < -0.3 is 19.7 Å². The molecule has 17 heavy (non-hydrogen) atoms. The predicted octanol–water partition coefficient (Wildman–Crippen LogP) is 1.08. The van der Waals surface area contributed by atoms with Gasteiger partial charge in [0.1, 0.15) is 5.58 Å². The van der Waals surface area contributed by atoms with Crippen LogP contribution in [0.2, 0.25) is 0 Å². The maximum Gasteiger partial charge on any atom is 0.336 e. The van der Waals surface area contributed by atoms with Crippen LogP contribution in [-0.2, 0) is 0 Å². The Morgan fingerprint density at radius 2 is 1.82 bits per heavy atom. The van der Waals surface area contributed by atoms with Crippen LogP contribution in [-0.4, -0.2) is 10.2 Å². The summed E-state index contributed by atoms with van der Waals surface area (Å²) >= 11 is 0. The summed E-state index contributed by atoms with van der Waals surface area (Å²) in [6.07, 6.45) is 0. The van der Waals surface area contributed by atoms with Gasteiger partial charge in [-0.15, -0.1) is 12.3 Å². The molecular formula is C12H11O5-. The van der Waals surface area contributed by atoms with Gasteiger partial charge in [0.2, 0.25) is 0 Å². The summed E-state index contributed by atoms with van der Waals surface area (Å²) in [5.41, 5.74) is -0.236. The van der Waals surface area contributed by atoms with Gasteiger partial charge in [0.25, 0.3) is 0 Å². The SMILES string of the molecule is C=C(C)[O-].O=c1ccc2cc(O)c(O)cc2o1. The molecule has 1 aromatic heterocycles. The van der Waals surface area contributed by atoms with E-state index < -0.39 is 5.63 Å². The summed E-state index contributed by atoms with van der Waals surface area (Å²) in [6, 6.07) is 5.29. The monoisotopic (exact) mass is 235 g/mol. The lowest BCUT2D eigenvalue weighted by atomic mass is 10.2. The van der Waals surface area contributed by atoms with E-state index in [2.05, 4.69) is 6.58 Å². The molecule has 0 bridgehead atoms. The summed E-state index contributed by atoms with van der Waals surface area (Å²) in [6.45, 7) is 4.42. The van der Waals surface area contributed by atoms with Crippen molar-refractivity contribution in [2.75, 3.05) is 0 Å². The van der Waals surface area contributed by atoms with Crippen LogP contribution in [0.25, 0.3) is 11.0 Å². The smallest absolute Gasteiger partial charge is 0.336 e. The van der Waals surface area contributed by atoms with Gasteiger partial charge in [-0.05, 0) is 12.1 Å². The van der Waals surface area contributed by atoms with Gasteiger partial charge in [-0.1, -0.05) is 6.92 Å². The fourth-order valence-corrected chi connectivity index (χ4v) is 1.09. The van der Waals surface area contributed by atoms with Crippen LogP contribution in [0, 0.1) is 0 Å². The number of fused-ring (bicyclic) bond motifs is 1. The molecule has 0 unspecified atom stereocenters. The first-order valence-corrected chi connectivity index (χ1v) is 4.68. The van der Waals surface area contributed by atoms with Crippen molar-refractivity contribution in [3.63, 3.8) is 0 Å². The Morgan fingerprint density at radius 1 is 1.29 bits per heavy atom. The van der Waals surface area contributed by atoms with E-state index in [0.717, 1.165) is 0 Å². The third kappa shape index (κ3) is 3.57. The molecule has 0 aliphatic rings. The average molecular weight is 235 g/mol. The maximum absolute atomic E-state index is 10.8. The maximum atomic E-state index is 10.8. The Hall–Kier alpha value is -2.43. The Morgan fingerprint density at radius 3 is 2.41 bits per heavy atom. The molecule has 5 heteroatoms. The Kier molecular flexibility index (Phi) is 3.77. The molecule has 0 aliphatic heterocycles. The molecular weight excluding hydrogens is 224 g/mol. The van der Waals surface area contributed by atoms with E-state index in [1.807, 2.05) is 0 Å². The van der Waals surface area contributed by atoms with Crippen LogP contribution in [0.4, 0.5) is 0 Å². The van der Waals surface area contributed by atoms with Crippen molar-refractivity contribution in [1.29, 1.82) is 0 Å². The molecule has 2 rings (SSSR count). The molecule has 0 fully saturated rings. The highest BCUT2D eigenvalue weighted by molar-refractivity contribution is 5.80. The lowest BCUT2D eigenvalue weighted by molar-refractivity contribution is -0.300. The van der Waals surface area contributed by atoms with E-state index in [-0.39, 0.29) is 22.8 Å². The highest BCUT2D eigenvalue weighted by Crippen LogP contribution is 2.28. The van der Waals surface area contributed by atoms with Crippen molar-refractivity contribution in [3.8, 4) is 11.5 Å². The molecule has 1 aromatic carbocycles. The second kappa shape index (κ2) is 5.07. The number of hydrogen-bond donors (Lipinski definition) is 2. The zero-order valence-electron chi connectivity index (χ0n) is 9.14. The minimum atomic E-state index is -0.488. The molecule has 5 nitrogen and oxygen atoms in total. The molecule has 0 amide bonds. The number of phenols is 2. The normalized spacial score (nSPS) is 9.47. The second-order valence-electron chi connectivity index (χ2n) is 3.34. The standard InChI is InChI=1S/C9H6O4.C3H6O/c10-6-3-5-1-2-9(12)13-8(5)4-7(6)11;1-3(2)4/h1-4,10-11H;4H,1H2,2H3/p-1. The number of aromatic hydroxyl groups is 2. The second-order valence-corrected chi connectivity index (χ2v) is 3.34. The number of benzene rings is 1. The first-order chi connectivity index (χ1) is 7.90. The summed E-state index contributed by atoms with van der Waals surface area (Å²) in [5.74, 6) is -0.622. The third-order valence-electron chi connectivity index (χ3n) is 1.72. The van der Waals surface area contributed by atoms with Gasteiger partial charge in [-0.3, -0.25) is 0 Å². The highest BCUT2D eigenvalue weighted by Gasteiger charge is 2.03. The van der Waals surface area contributed by atoms with Crippen LogP contribution in [0.1, 0.15) is 6.92 Å². The fraction of sp³-hybridized carbons (Fsp3) is 0.0833. The summed E-state index contributed by atoms with van der Waals surface area (Å²) in [7, 11) is 0.